The lowest BCUT2D eigenvalue weighted by Gasteiger charge is -2.32. The molecule has 188 valence electrons. The third-order valence-electron chi connectivity index (χ3n) is 6.42. The summed E-state index contributed by atoms with van der Waals surface area (Å²) in [4.78, 5) is 19.3. The molecule has 0 spiro atoms. The highest BCUT2D eigenvalue weighted by Crippen LogP contribution is 2.47. The zero-order valence-electron chi connectivity index (χ0n) is 19.3. The smallest absolute Gasteiger partial charge is 0.418 e. The number of pyridine rings is 2. The van der Waals surface area contributed by atoms with Crippen LogP contribution in [0.5, 0.6) is 0 Å². The minimum Gasteiger partial charge on any atom is -0.478 e. The highest BCUT2D eigenvalue weighted by molar-refractivity contribution is 6.01. The Hall–Kier alpha value is -4.34. The van der Waals surface area contributed by atoms with Crippen LogP contribution in [0.1, 0.15) is 47.3 Å². The molecule has 0 saturated heterocycles. The summed E-state index contributed by atoms with van der Waals surface area (Å²) in [6.45, 7) is 0. The number of carbonyl (C=O) groups is 1. The first kappa shape index (κ1) is 24.4. The largest absolute Gasteiger partial charge is 0.478 e. The molecule has 3 heterocycles. The Morgan fingerprint density at radius 1 is 1.08 bits per heavy atom. The SMILES string of the molecule is O=C(O)C=Cc1ccc(C(=C(c2ncccc2C(F)(F)F)C2CCC2)c2ccc3n[nH]c(F)c3c2)cn1. The van der Waals surface area contributed by atoms with Gasteiger partial charge in [0.15, 0.2) is 0 Å². The number of aromatic nitrogens is 4. The molecule has 0 aliphatic heterocycles. The van der Waals surface area contributed by atoms with Crippen LogP contribution < -0.4 is 0 Å². The molecule has 0 atom stereocenters. The van der Waals surface area contributed by atoms with Gasteiger partial charge in [-0.25, -0.2) is 4.79 Å². The van der Waals surface area contributed by atoms with E-state index in [4.69, 9.17) is 5.11 Å². The maximum absolute atomic E-state index is 14.4. The second-order valence-corrected chi connectivity index (χ2v) is 8.73. The van der Waals surface area contributed by atoms with Gasteiger partial charge < -0.3 is 5.11 Å². The van der Waals surface area contributed by atoms with Crippen molar-refractivity contribution in [2.75, 3.05) is 0 Å². The van der Waals surface area contributed by atoms with Gasteiger partial charge in [-0.1, -0.05) is 18.6 Å². The number of aromatic amines is 1. The van der Waals surface area contributed by atoms with Crippen molar-refractivity contribution in [1.82, 2.24) is 20.2 Å². The number of carboxylic acid groups (broad SMARTS) is 1. The lowest BCUT2D eigenvalue weighted by molar-refractivity contribution is -0.138. The number of carboxylic acids is 1. The van der Waals surface area contributed by atoms with Crippen LogP contribution in [0.15, 0.2) is 60.9 Å². The lowest BCUT2D eigenvalue weighted by atomic mass is 9.73. The number of nitrogens with zero attached hydrogens (tertiary/aromatic N) is 3. The van der Waals surface area contributed by atoms with E-state index in [0.717, 1.165) is 18.6 Å². The van der Waals surface area contributed by atoms with E-state index < -0.39 is 23.7 Å². The first-order chi connectivity index (χ1) is 17.7. The molecule has 0 unspecified atom stereocenters. The van der Waals surface area contributed by atoms with Gasteiger partial charge in [0.25, 0.3) is 0 Å². The minimum atomic E-state index is -4.63. The molecule has 1 aromatic carbocycles. The van der Waals surface area contributed by atoms with Crippen molar-refractivity contribution >= 4 is 34.1 Å². The Morgan fingerprint density at radius 3 is 2.51 bits per heavy atom. The number of rotatable bonds is 6. The van der Waals surface area contributed by atoms with Crippen molar-refractivity contribution < 1.29 is 27.5 Å². The van der Waals surface area contributed by atoms with E-state index in [1.54, 1.807) is 30.3 Å². The van der Waals surface area contributed by atoms with Gasteiger partial charge in [-0.15, -0.1) is 0 Å². The second-order valence-electron chi connectivity index (χ2n) is 8.73. The Bertz CT molecular complexity index is 1530. The summed E-state index contributed by atoms with van der Waals surface area (Å²) in [7, 11) is 0. The van der Waals surface area contributed by atoms with Gasteiger partial charge in [-0.05, 0) is 71.9 Å². The maximum Gasteiger partial charge on any atom is 0.418 e. The number of halogens is 4. The van der Waals surface area contributed by atoms with Crippen molar-refractivity contribution in [3.63, 3.8) is 0 Å². The van der Waals surface area contributed by atoms with Crippen LogP contribution in [0.4, 0.5) is 17.6 Å². The Labute approximate surface area is 208 Å². The highest BCUT2D eigenvalue weighted by atomic mass is 19.4. The van der Waals surface area contributed by atoms with E-state index in [-0.39, 0.29) is 17.0 Å². The quantitative estimate of drug-likeness (QED) is 0.233. The number of allylic oxidation sites excluding steroid dienone is 1. The van der Waals surface area contributed by atoms with Crippen molar-refractivity contribution in [3.8, 4) is 0 Å². The predicted molar refractivity (Wildman–Crippen MR) is 129 cm³/mol. The Kier molecular flexibility index (Phi) is 6.32. The first-order valence-corrected chi connectivity index (χ1v) is 11.5. The first-order valence-electron chi connectivity index (χ1n) is 11.5. The normalized spacial score (nSPS) is 15.1. The fraction of sp³-hybridized carbons (Fsp3) is 0.185. The summed E-state index contributed by atoms with van der Waals surface area (Å²) in [5.74, 6) is -1.98. The van der Waals surface area contributed by atoms with Crippen molar-refractivity contribution in [1.29, 1.82) is 0 Å². The third kappa shape index (κ3) is 4.87. The van der Waals surface area contributed by atoms with Gasteiger partial charge in [0.1, 0.15) is 0 Å². The Morgan fingerprint density at radius 2 is 1.86 bits per heavy atom. The fourth-order valence-corrected chi connectivity index (χ4v) is 4.48. The van der Waals surface area contributed by atoms with Crippen LogP contribution >= 0.6 is 0 Å². The van der Waals surface area contributed by atoms with Gasteiger partial charge in [0, 0.05) is 24.0 Å². The number of fused-ring (bicyclic) bond motifs is 1. The third-order valence-corrected chi connectivity index (χ3v) is 6.42. The van der Waals surface area contributed by atoms with Gasteiger partial charge >= 0.3 is 12.1 Å². The summed E-state index contributed by atoms with van der Waals surface area (Å²) < 4.78 is 56.7. The lowest BCUT2D eigenvalue weighted by Crippen LogP contribution is -2.19. The molecule has 6 nitrogen and oxygen atoms in total. The standard InChI is InChI=1S/C27H20F4N4O2/c28-26-19-13-16(7-10-21(19)34-35-26)23(17-6-8-18(33-14-17)9-11-22(36)37)24(15-3-1-4-15)25-20(27(29,30)31)5-2-12-32-25/h2,5-15H,1,3-4H2,(H,34,35)(H,36,37). The van der Waals surface area contributed by atoms with E-state index in [9.17, 15) is 22.4 Å². The monoisotopic (exact) mass is 508 g/mol. The average molecular weight is 508 g/mol. The zero-order valence-corrected chi connectivity index (χ0v) is 19.3. The minimum absolute atomic E-state index is 0.169. The fourth-order valence-electron chi connectivity index (χ4n) is 4.48. The molecule has 0 amide bonds. The molecule has 1 aliphatic carbocycles. The van der Waals surface area contributed by atoms with Crippen molar-refractivity contribution in [2.45, 2.75) is 25.4 Å². The highest BCUT2D eigenvalue weighted by Gasteiger charge is 2.38. The van der Waals surface area contributed by atoms with Crippen LogP contribution in [-0.4, -0.2) is 31.2 Å². The molecule has 0 bridgehead atoms. The molecule has 10 heteroatoms. The number of aliphatic carboxylic acids is 1. The van der Waals surface area contributed by atoms with Crippen LogP contribution in [-0.2, 0) is 11.0 Å². The van der Waals surface area contributed by atoms with Gasteiger partial charge in [-0.2, -0.15) is 22.7 Å². The van der Waals surface area contributed by atoms with E-state index in [1.165, 1.54) is 24.5 Å². The number of alkyl halides is 3. The molecule has 1 saturated carbocycles. The predicted octanol–water partition coefficient (Wildman–Crippen LogP) is 6.37. The number of hydrogen-bond donors (Lipinski definition) is 2. The molecule has 5 rings (SSSR count). The summed E-state index contributed by atoms with van der Waals surface area (Å²) in [5, 5.41) is 15.3. The van der Waals surface area contributed by atoms with Crippen LogP contribution in [0, 0.1) is 11.9 Å². The molecule has 2 N–H and O–H groups in total. The van der Waals surface area contributed by atoms with Crippen LogP contribution in [0.3, 0.4) is 0 Å². The maximum atomic E-state index is 14.4. The van der Waals surface area contributed by atoms with Crippen LogP contribution in [0.2, 0.25) is 0 Å². The molecular formula is C27H20F4N4O2. The van der Waals surface area contributed by atoms with Crippen molar-refractivity contribution in [3.05, 3.63) is 95.0 Å². The molecular weight excluding hydrogens is 488 g/mol. The zero-order chi connectivity index (χ0) is 26.2. The van der Waals surface area contributed by atoms with Crippen molar-refractivity contribution in [2.24, 2.45) is 5.92 Å². The Balaban J connectivity index is 1.80. The summed E-state index contributed by atoms with van der Waals surface area (Å²) >= 11 is 0. The molecule has 37 heavy (non-hydrogen) atoms. The van der Waals surface area contributed by atoms with Gasteiger partial charge in [-0.3, -0.25) is 15.1 Å². The summed E-state index contributed by atoms with van der Waals surface area (Å²) in [6, 6.07) is 10.3. The molecule has 1 fully saturated rings. The number of benzene rings is 1. The molecule has 3 aromatic heterocycles. The number of nitrogens with one attached hydrogen (secondary N) is 1. The van der Waals surface area contributed by atoms with Crippen LogP contribution in [0.25, 0.3) is 28.1 Å². The van der Waals surface area contributed by atoms with E-state index >= 15 is 0 Å². The van der Waals surface area contributed by atoms with E-state index in [2.05, 4.69) is 20.2 Å². The second kappa shape index (κ2) is 9.61. The number of H-pyrrole nitrogens is 1. The summed E-state index contributed by atoms with van der Waals surface area (Å²) in [5.41, 5.74) is 1.58. The molecule has 0 radical (unpaired) electrons. The van der Waals surface area contributed by atoms with E-state index in [1.807, 2.05) is 0 Å². The van der Waals surface area contributed by atoms with Gasteiger partial charge in [0.05, 0.1) is 27.9 Å². The summed E-state index contributed by atoms with van der Waals surface area (Å²) in [6.07, 6.45) is 2.66. The topological polar surface area (TPSA) is 91.8 Å². The molecule has 1 aliphatic rings. The van der Waals surface area contributed by atoms with Gasteiger partial charge in [0.2, 0.25) is 5.95 Å². The molecule has 4 aromatic rings. The van der Waals surface area contributed by atoms with E-state index in [0.29, 0.717) is 46.3 Å². The average Bonchev–Trinajstić information content (AvgIpc) is 3.21. The number of hydrogen-bond acceptors (Lipinski definition) is 4.